The molecule has 3 aromatic rings. The van der Waals surface area contributed by atoms with Crippen molar-refractivity contribution in [2.75, 3.05) is 6.54 Å². The molecule has 1 aromatic heterocycles. The number of nitro benzene ring substituents is 1. The SMILES string of the molecule is Cc1c(F)cc(C(=O)N(CCc2ccccc2)Cc2cccnc2)cc1[N+](=O)[O-]. The van der Waals surface area contributed by atoms with E-state index in [0.717, 1.165) is 23.3 Å². The van der Waals surface area contributed by atoms with Crippen LogP contribution in [0.25, 0.3) is 0 Å². The third kappa shape index (κ3) is 5.01. The minimum absolute atomic E-state index is 0.0447. The Morgan fingerprint density at radius 2 is 1.86 bits per heavy atom. The first-order valence-corrected chi connectivity index (χ1v) is 9.12. The van der Waals surface area contributed by atoms with Crippen molar-refractivity contribution in [3.05, 3.63) is 105 Å². The zero-order chi connectivity index (χ0) is 20.8. The van der Waals surface area contributed by atoms with Crippen LogP contribution >= 0.6 is 0 Å². The van der Waals surface area contributed by atoms with Crippen molar-refractivity contribution in [3.63, 3.8) is 0 Å². The molecule has 0 aliphatic rings. The lowest BCUT2D eigenvalue weighted by atomic mass is 10.1. The summed E-state index contributed by atoms with van der Waals surface area (Å²) >= 11 is 0. The summed E-state index contributed by atoms with van der Waals surface area (Å²) in [7, 11) is 0. The summed E-state index contributed by atoms with van der Waals surface area (Å²) < 4.78 is 14.2. The van der Waals surface area contributed by atoms with Crippen LogP contribution in [0.15, 0.2) is 67.0 Å². The van der Waals surface area contributed by atoms with Crippen LogP contribution in [0.3, 0.4) is 0 Å². The summed E-state index contributed by atoms with van der Waals surface area (Å²) in [5.41, 5.74) is 1.33. The number of aromatic nitrogens is 1. The molecule has 0 saturated heterocycles. The number of rotatable bonds is 7. The van der Waals surface area contributed by atoms with E-state index in [9.17, 15) is 19.3 Å². The number of hydrogen-bond donors (Lipinski definition) is 0. The van der Waals surface area contributed by atoms with E-state index in [1.54, 1.807) is 23.4 Å². The standard InChI is InChI=1S/C22H20FN3O3/c1-16-20(23)12-19(13-21(16)26(28)29)22(27)25(15-18-8-5-10-24-14-18)11-9-17-6-3-2-4-7-17/h2-8,10,12-14H,9,11,15H2,1H3. The van der Waals surface area contributed by atoms with Crippen LogP contribution in [0, 0.1) is 22.9 Å². The highest BCUT2D eigenvalue weighted by Gasteiger charge is 2.23. The lowest BCUT2D eigenvalue weighted by Gasteiger charge is -2.23. The molecule has 2 aromatic carbocycles. The van der Waals surface area contributed by atoms with Crippen LogP contribution < -0.4 is 0 Å². The van der Waals surface area contributed by atoms with Gasteiger partial charge in [-0.05, 0) is 36.6 Å². The first-order chi connectivity index (χ1) is 14.0. The Bertz CT molecular complexity index is 1010. The van der Waals surface area contributed by atoms with Crippen molar-refractivity contribution in [2.45, 2.75) is 19.9 Å². The molecule has 1 amide bonds. The van der Waals surface area contributed by atoms with E-state index in [2.05, 4.69) is 4.98 Å². The minimum Gasteiger partial charge on any atom is -0.334 e. The van der Waals surface area contributed by atoms with Gasteiger partial charge in [-0.25, -0.2) is 4.39 Å². The molecule has 0 saturated carbocycles. The van der Waals surface area contributed by atoms with Gasteiger partial charge >= 0.3 is 0 Å². The fraction of sp³-hybridized carbons (Fsp3) is 0.182. The highest BCUT2D eigenvalue weighted by molar-refractivity contribution is 5.95. The number of nitrogens with zero attached hydrogens (tertiary/aromatic N) is 3. The second-order valence-corrected chi connectivity index (χ2v) is 6.68. The van der Waals surface area contributed by atoms with Gasteiger partial charge in [-0.2, -0.15) is 0 Å². The van der Waals surface area contributed by atoms with E-state index in [4.69, 9.17) is 0 Å². The van der Waals surface area contributed by atoms with Gasteiger partial charge in [0.1, 0.15) is 5.82 Å². The molecule has 0 aliphatic heterocycles. The number of hydrogen-bond acceptors (Lipinski definition) is 4. The van der Waals surface area contributed by atoms with Crippen molar-refractivity contribution in [3.8, 4) is 0 Å². The van der Waals surface area contributed by atoms with Gasteiger partial charge in [-0.1, -0.05) is 36.4 Å². The van der Waals surface area contributed by atoms with E-state index in [1.807, 2.05) is 36.4 Å². The summed E-state index contributed by atoms with van der Waals surface area (Å²) in [4.78, 5) is 29.3. The first-order valence-electron chi connectivity index (χ1n) is 9.12. The normalized spacial score (nSPS) is 10.6. The lowest BCUT2D eigenvalue weighted by molar-refractivity contribution is -0.385. The molecule has 1 heterocycles. The zero-order valence-electron chi connectivity index (χ0n) is 15.9. The van der Waals surface area contributed by atoms with E-state index < -0.39 is 22.3 Å². The topological polar surface area (TPSA) is 76.3 Å². The fourth-order valence-corrected chi connectivity index (χ4v) is 3.03. The smallest absolute Gasteiger partial charge is 0.276 e. The summed E-state index contributed by atoms with van der Waals surface area (Å²) in [6.07, 6.45) is 3.89. The third-order valence-corrected chi connectivity index (χ3v) is 4.66. The number of pyridine rings is 1. The van der Waals surface area contributed by atoms with Crippen molar-refractivity contribution in [1.82, 2.24) is 9.88 Å². The average molecular weight is 393 g/mol. The van der Waals surface area contributed by atoms with Gasteiger partial charge in [-0.15, -0.1) is 0 Å². The number of carbonyl (C=O) groups is 1. The predicted octanol–water partition coefficient (Wildman–Crippen LogP) is 4.32. The van der Waals surface area contributed by atoms with Gasteiger partial charge < -0.3 is 4.90 Å². The molecular formula is C22H20FN3O3. The van der Waals surface area contributed by atoms with Crippen LogP contribution in [0.2, 0.25) is 0 Å². The molecule has 0 unspecified atom stereocenters. The highest BCUT2D eigenvalue weighted by atomic mass is 19.1. The maximum atomic E-state index is 14.2. The molecule has 29 heavy (non-hydrogen) atoms. The maximum absolute atomic E-state index is 14.2. The number of carbonyl (C=O) groups excluding carboxylic acids is 1. The quantitative estimate of drug-likeness (QED) is 0.442. The highest BCUT2D eigenvalue weighted by Crippen LogP contribution is 2.24. The lowest BCUT2D eigenvalue weighted by Crippen LogP contribution is -2.32. The Hall–Kier alpha value is -3.61. The molecule has 0 aliphatic carbocycles. The van der Waals surface area contributed by atoms with Crippen molar-refractivity contribution < 1.29 is 14.1 Å². The molecule has 6 nitrogen and oxygen atoms in total. The van der Waals surface area contributed by atoms with Gasteiger partial charge in [0, 0.05) is 37.1 Å². The summed E-state index contributed by atoms with van der Waals surface area (Å²) in [5.74, 6) is -1.24. The van der Waals surface area contributed by atoms with Crippen LogP contribution in [0.5, 0.6) is 0 Å². The Kier molecular flexibility index (Phi) is 6.29. The first kappa shape index (κ1) is 20.1. The molecule has 148 valence electrons. The number of nitro groups is 1. The van der Waals surface area contributed by atoms with E-state index in [-0.39, 0.29) is 17.7 Å². The molecule has 7 heteroatoms. The van der Waals surface area contributed by atoms with Gasteiger partial charge in [0.05, 0.1) is 10.5 Å². The van der Waals surface area contributed by atoms with E-state index in [1.165, 1.54) is 6.92 Å². The number of benzene rings is 2. The second-order valence-electron chi connectivity index (χ2n) is 6.68. The van der Waals surface area contributed by atoms with Gasteiger partial charge in [0.2, 0.25) is 0 Å². The molecule has 0 atom stereocenters. The largest absolute Gasteiger partial charge is 0.334 e. The van der Waals surface area contributed by atoms with E-state index in [0.29, 0.717) is 13.0 Å². The molecule has 0 N–H and O–H groups in total. The molecule has 3 rings (SSSR count). The van der Waals surface area contributed by atoms with Crippen molar-refractivity contribution in [1.29, 1.82) is 0 Å². The summed E-state index contributed by atoms with van der Waals surface area (Å²) in [6, 6.07) is 15.5. The summed E-state index contributed by atoms with van der Waals surface area (Å²) in [5, 5.41) is 11.2. The number of halogens is 1. The summed E-state index contributed by atoms with van der Waals surface area (Å²) in [6.45, 7) is 1.97. The zero-order valence-corrected chi connectivity index (χ0v) is 15.9. The van der Waals surface area contributed by atoms with Crippen LogP contribution in [-0.4, -0.2) is 27.3 Å². The van der Waals surface area contributed by atoms with Crippen LogP contribution in [0.1, 0.15) is 27.0 Å². The Morgan fingerprint density at radius 1 is 1.14 bits per heavy atom. The van der Waals surface area contributed by atoms with Crippen LogP contribution in [-0.2, 0) is 13.0 Å². The maximum Gasteiger partial charge on any atom is 0.276 e. The molecule has 0 spiro atoms. The molecule has 0 bridgehead atoms. The van der Waals surface area contributed by atoms with Gasteiger partial charge in [0.25, 0.3) is 11.6 Å². The molecule has 0 radical (unpaired) electrons. The third-order valence-electron chi connectivity index (χ3n) is 4.66. The van der Waals surface area contributed by atoms with E-state index >= 15 is 0 Å². The average Bonchev–Trinajstić information content (AvgIpc) is 2.73. The monoisotopic (exact) mass is 393 g/mol. The Morgan fingerprint density at radius 3 is 2.52 bits per heavy atom. The Balaban J connectivity index is 1.90. The molecular weight excluding hydrogens is 373 g/mol. The second kappa shape index (κ2) is 9.05. The van der Waals surface area contributed by atoms with Crippen molar-refractivity contribution >= 4 is 11.6 Å². The minimum atomic E-state index is -0.771. The van der Waals surface area contributed by atoms with Crippen LogP contribution in [0.4, 0.5) is 10.1 Å². The fourth-order valence-electron chi connectivity index (χ4n) is 3.03. The van der Waals surface area contributed by atoms with Crippen molar-refractivity contribution in [2.24, 2.45) is 0 Å². The molecule has 0 fully saturated rings. The Labute approximate surface area is 167 Å². The number of amides is 1. The predicted molar refractivity (Wildman–Crippen MR) is 107 cm³/mol. The van der Waals surface area contributed by atoms with Gasteiger partial charge in [0.15, 0.2) is 0 Å². The van der Waals surface area contributed by atoms with Gasteiger partial charge in [-0.3, -0.25) is 19.9 Å².